The Morgan fingerprint density at radius 3 is 2.92 bits per heavy atom. The van der Waals surface area contributed by atoms with Crippen molar-refractivity contribution in [3.63, 3.8) is 0 Å². The van der Waals surface area contributed by atoms with Gasteiger partial charge in [-0.2, -0.15) is 0 Å². The molecule has 0 fully saturated rings. The standard InChI is InChI=1S/C16H13N5O2S/c1-2-8-20-14(22)12-5-3-4-6-13(12)21-15(20)17-18-16(21)24-10-11-7-9-23-19-11/h2-7,9H,1,8,10H2. The van der Waals surface area contributed by atoms with Crippen LogP contribution in [0.4, 0.5) is 0 Å². The summed E-state index contributed by atoms with van der Waals surface area (Å²) in [5.41, 5.74) is 1.50. The van der Waals surface area contributed by atoms with Crippen LogP contribution in [0.5, 0.6) is 0 Å². The Labute approximate surface area is 140 Å². The number of thioether (sulfide) groups is 1. The van der Waals surface area contributed by atoms with Crippen LogP contribution in [0.2, 0.25) is 0 Å². The first-order valence-corrected chi connectivity index (χ1v) is 8.28. The molecular formula is C16H13N5O2S. The Balaban J connectivity index is 1.93. The summed E-state index contributed by atoms with van der Waals surface area (Å²) < 4.78 is 8.31. The van der Waals surface area contributed by atoms with Gasteiger partial charge in [0.2, 0.25) is 5.78 Å². The van der Waals surface area contributed by atoms with E-state index in [1.807, 2.05) is 34.7 Å². The van der Waals surface area contributed by atoms with E-state index in [1.54, 1.807) is 10.6 Å². The molecule has 4 rings (SSSR count). The van der Waals surface area contributed by atoms with Crippen LogP contribution in [0, 0.1) is 0 Å². The highest BCUT2D eigenvalue weighted by atomic mass is 32.2. The van der Waals surface area contributed by atoms with Crippen molar-refractivity contribution in [3.8, 4) is 0 Å². The van der Waals surface area contributed by atoms with Crippen molar-refractivity contribution in [3.05, 3.63) is 65.3 Å². The summed E-state index contributed by atoms with van der Waals surface area (Å²) in [5.74, 6) is 1.10. The molecule has 0 bridgehead atoms. The van der Waals surface area contributed by atoms with E-state index in [1.165, 1.54) is 18.0 Å². The number of rotatable bonds is 5. The molecule has 3 aromatic heterocycles. The summed E-state index contributed by atoms with van der Waals surface area (Å²) in [5, 5.41) is 13.7. The average Bonchev–Trinajstić information content (AvgIpc) is 3.26. The smallest absolute Gasteiger partial charge is 0.263 e. The molecule has 0 saturated heterocycles. The third kappa shape index (κ3) is 2.31. The SMILES string of the molecule is C=CCn1c(=O)c2ccccc2n2c(SCc3ccon3)nnc12. The number of allylic oxidation sites excluding steroid dienone is 1. The number of benzene rings is 1. The largest absolute Gasteiger partial charge is 0.364 e. The van der Waals surface area contributed by atoms with Gasteiger partial charge in [-0.3, -0.25) is 13.8 Å². The van der Waals surface area contributed by atoms with Crippen molar-refractivity contribution in [1.82, 2.24) is 24.3 Å². The number of fused-ring (bicyclic) bond motifs is 3. The highest BCUT2D eigenvalue weighted by Gasteiger charge is 2.16. The first-order chi connectivity index (χ1) is 11.8. The van der Waals surface area contributed by atoms with Gasteiger partial charge in [-0.25, -0.2) is 0 Å². The molecule has 7 nitrogen and oxygen atoms in total. The van der Waals surface area contributed by atoms with E-state index in [0.717, 1.165) is 11.2 Å². The van der Waals surface area contributed by atoms with Crippen LogP contribution >= 0.6 is 11.8 Å². The number of aromatic nitrogens is 5. The predicted octanol–water partition coefficient (Wildman–Crippen LogP) is 2.51. The minimum atomic E-state index is -0.0987. The molecule has 120 valence electrons. The second kappa shape index (κ2) is 5.97. The molecule has 0 aliphatic rings. The predicted molar refractivity (Wildman–Crippen MR) is 91.0 cm³/mol. The molecule has 0 unspecified atom stereocenters. The lowest BCUT2D eigenvalue weighted by Gasteiger charge is -2.09. The lowest BCUT2D eigenvalue weighted by atomic mass is 10.2. The summed E-state index contributed by atoms with van der Waals surface area (Å²) in [6, 6.07) is 9.25. The molecule has 3 heterocycles. The topological polar surface area (TPSA) is 78.2 Å². The van der Waals surface area contributed by atoms with E-state index in [9.17, 15) is 4.79 Å². The molecule has 4 aromatic rings. The first-order valence-electron chi connectivity index (χ1n) is 7.29. The fourth-order valence-corrected chi connectivity index (χ4v) is 3.40. The van der Waals surface area contributed by atoms with Gasteiger partial charge in [0.1, 0.15) is 6.26 Å². The lowest BCUT2D eigenvalue weighted by molar-refractivity contribution is 0.414. The van der Waals surface area contributed by atoms with Gasteiger partial charge < -0.3 is 4.52 Å². The van der Waals surface area contributed by atoms with Crippen LogP contribution in [-0.2, 0) is 12.3 Å². The minimum Gasteiger partial charge on any atom is -0.364 e. The van der Waals surface area contributed by atoms with Crippen LogP contribution in [0.1, 0.15) is 5.69 Å². The first kappa shape index (κ1) is 14.7. The highest BCUT2D eigenvalue weighted by molar-refractivity contribution is 7.98. The Bertz CT molecular complexity index is 1080. The Kier molecular flexibility index (Phi) is 3.66. The Morgan fingerprint density at radius 1 is 1.25 bits per heavy atom. The molecule has 0 radical (unpaired) electrons. The molecule has 0 amide bonds. The fourth-order valence-electron chi connectivity index (χ4n) is 2.57. The monoisotopic (exact) mass is 339 g/mol. The summed E-state index contributed by atoms with van der Waals surface area (Å²) >= 11 is 1.49. The summed E-state index contributed by atoms with van der Waals surface area (Å²) in [6.45, 7) is 4.09. The van der Waals surface area contributed by atoms with Gasteiger partial charge in [-0.05, 0) is 12.1 Å². The molecule has 8 heteroatoms. The molecule has 0 aliphatic carbocycles. The van der Waals surface area contributed by atoms with Gasteiger partial charge in [-0.15, -0.1) is 16.8 Å². The van der Waals surface area contributed by atoms with Crippen molar-refractivity contribution < 1.29 is 4.52 Å². The van der Waals surface area contributed by atoms with Crippen molar-refractivity contribution in [2.45, 2.75) is 17.5 Å². The second-order valence-electron chi connectivity index (χ2n) is 5.12. The summed E-state index contributed by atoms with van der Waals surface area (Å²) in [7, 11) is 0. The van der Waals surface area contributed by atoms with Crippen molar-refractivity contribution in [2.75, 3.05) is 0 Å². The van der Waals surface area contributed by atoms with Crippen molar-refractivity contribution in [2.24, 2.45) is 0 Å². The highest BCUT2D eigenvalue weighted by Crippen LogP contribution is 2.24. The molecule has 1 aromatic carbocycles. The summed E-state index contributed by atoms with van der Waals surface area (Å²) in [6.07, 6.45) is 3.21. The number of hydrogen-bond acceptors (Lipinski definition) is 6. The number of hydrogen-bond donors (Lipinski definition) is 0. The fraction of sp³-hybridized carbons (Fsp3) is 0.125. The van der Waals surface area contributed by atoms with Gasteiger partial charge in [0.25, 0.3) is 5.56 Å². The van der Waals surface area contributed by atoms with Gasteiger partial charge in [0, 0.05) is 18.4 Å². The zero-order chi connectivity index (χ0) is 16.5. The van der Waals surface area contributed by atoms with E-state index >= 15 is 0 Å². The third-order valence-corrected chi connectivity index (χ3v) is 4.59. The maximum absolute atomic E-state index is 12.7. The summed E-state index contributed by atoms with van der Waals surface area (Å²) in [4.78, 5) is 12.7. The van der Waals surface area contributed by atoms with Crippen molar-refractivity contribution in [1.29, 1.82) is 0 Å². The Morgan fingerprint density at radius 2 is 2.12 bits per heavy atom. The molecule has 0 spiro atoms. The van der Waals surface area contributed by atoms with E-state index in [0.29, 0.717) is 28.6 Å². The maximum Gasteiger partial charge on any atom is 0.263 e. The van der Waals surface area contributed by atoms with Gasteiger partial charge in [-0.1, -0.05) is 35.1 Å². The quantitative estimate of drug-likeness (QED) is 0.411. The zero-order valence-electron chi connectivity index (χ0n) is 12.6. The van der Waals surface area contributed by atoms with Gasteiger partial charge in [0.15, 0.2) is 5.16 Å². The Hall–Kier alpha value is -2.87. The van der Waals surface area contributed by atoms with Gasteiger partial charge >= 0.3 is 0 Å². The molecular weight excluding hydrogens is 326 g/mol. The molecule has 0 saturated carbocycles. The number of nitrogens with zero attached hydrogens (tertiary/aromatic N) is 5. The van der Waals surface area contributed by atoms with Gasteiger partial charge in [0.05, 0.1) is 16.6 Å². The third-order valence-electron chi connectivity index (χ3n) is 3.63. The zero-order valence-corrected chi connectivity index (χ0v) is 13.4. The van der Waals surface area contributed by atoms with E-state index in [4.69, 9.17) is 4.52 Å². The van der Waals surface area contributed by atoms with Crippen LogP contribution in [-0.4, -0.2) is 24.3 Å². The van der Waals surface area contributed by atoms with Crippen molar-refractivity contribution >= 4 is 28.4 Å². The molecule has 0 aliphatic heterocycles. The van der Waals surface area contributed by atoms with Crippen LogP contribution in [0.25, 0.3) is 16.7 Å². The number of para-hydroxylation sites is 1. The maximum atomic E-state index is 12.7. The van der Waals surface area contributed by atoms with E-state index in [-0.39, 0.29) is 5.56 Å². The normalized spacial score (nSPS) is 11.3. The van der Waals surface area contributed by atoms with Crippen LogP contribution in [0.3, 0.4) is 0 Å². The van der Waals surface area contributed by atoms with E-state index in [2.05, 4.69) is 21.9 Å². The molecule has 24 heavy (non-hydrogen) atoms. The molecule has 0 N–H and O–H groups in total. The average molecular weight is 339 g/mol. The lowest BCUT2D eigenvalue weighted by Crippen LogP contribution is -2.22. The molecule has 0 atom stereocenters. The second-order valence-corrected chi connectivity index (χ2v) is 6.06. The van der Waals surface area contributed by atoms with Crippen LogP contribution < -0.4 is 5.56 Å². The minimum absolute atomic E-state index is 0.0987. The van der Waals surface area contributed by atoms with Crippen LogP contribution in [0.15, 0.2) is 63.7 Å². The van der Waals surface area contributed by atoms with E-state index < -0.39 is 0 Å².